The van der Waals surface area contributed by atoms with E-state index in [-0.39, 0.29) is 11.9 Å². The maximum atomic E-state index is 12.2. The van der Waals surface area contributed by atoms with Crippen LogP contribution in [0.3, 0.4) is 0 Å². The monoisotopic (exact) mass is 341 g/mol. The van der Waals surface area contributed by atoms with Gasteiger partial charge in [-0.3, -0.25) is 4.79 Å². The second kappa shape index (κ2) is 5.91. The van der Waals surface area contributed by atoms with E-state index >= 15 is 0 Å². The number of rotatable bonds is 3. The summed E-state index contributed by atoms with van der Waals surface area (Å²) in [5, 5.41) is 4.98. The zero-order valence-electron chi connectivity index (χ0n) is 9.68. The first-order valence-electron chi connectivity index (χ1n) is 5.40. The molecule has 0 fully saturated rings. The van der Waals surface area contributed by atoms with Gasteiger partial charge in [-0.15, -0.1) is 24.0 Å². The smallest absolute Gasteiger partial charge is 0.252 e. The van der Waals surface area contributed by atoms with Gasteiger partial charge in [-0.1, -0.05) is 6.07 Å². The lowest BCUT2D eigenvalue weighted by atomic mass is 10.2. The lowest BCUT2D eigenvalue weighted by Crippen LogP contribution is -2.26. The average Bonchev–Trinajstić information content (AvgIpc) is 2.85. The van der Waals surface area contributed by atoms with Crippen LogP contribution in [0.15, 0.2) is 45.1 Å². The minimum atomic E-state index is -0.0984. The van der Waals surface area contributed by atoms with Crippen LogP contribution in [0.5, 0.6) is 0 Å². The molecule has 1 heterocycles. The summed E-state index contributed by atoms with van der Waals surface area (Å²) >= 11 is 9.26. The van der Waals surface area contributed by atoms with Crippen LogP contribution >= 0.6 is 39.9 Å². The molecule has 2 rings (SSSR count). The molecule has 2 aromatic rings. The number of halogens is 1. The van der Waals surface area contributed by atoms with Crippen LogP contribution in [0.25, 0.3) is 0 Å². The molecule has 0 aliphatic carbocycles. The fourth-order valence-corrected chi connectivity index (χ4v) is 2.94. The van der Waals surface area contributed by atoms with Crippen molar-refractivity contribution in [1.29, 1.82) is 0 Å². The molecule has 0 saturated heterocycles. The molecular formula is C13H12BrNOS2. The van der Waals surface area contributed by atoms with Gasteiger partial charge in [-0.05, 0) is 52.5 Å². The van der Waals surface area contributed by atoms with Gasteiger partial charge in [0.2, 0.25) is 0 Å². The molecule has 1 amide bonds. The number of thiophene rings is 1. The first-order valence-corrected chi connectivity index (χ1v) is 7.52. The molecule has 5 heteroatoms. The summed E-state index contributed by atoms with van der Waals surface area (Å²) in [5.41, 5.74) is 0.603. The van der Waals surface area contributed by atoms with Crippen molar-refractivity contribution in [3.05, 3.63) is 50.6 Å². The highest BCUT2D eigenvalue weighted by Crippen LogP contribution is 2.22. The highest BCUT2D eigenvalue weighted by Gasteiger charge is 2.14. The second-order valence-corrected chi connectivity index (χ2v) is 6.22. The van der Waals surface area contributed by atoms with Gasteiger partial charge in [0.05, 0.1) is 11.6 Å². The van der Waals surface area contributed by atoms with Crippen LogP contribution in [0.4, 0.5) is 0 Å². The first-order chi connectivity index (χ1) is 8.58. The quantitative estimate of drug-likeness (QED) is 0.801. The second-order valence-electron chi connectivity index (χ2n) is 3.87. The average molecular weight is 342 g/mol. The van der Waals surface area contributed by atoms with Gasteiger partial charge in [0.1, 0.15) is 0 Å². The van der Waals surface area contributed by atoms with Gasteiger partial charge < -0.3 is 5.32 Å². The van der Waals surface area contributed by atoms with Crippen LogP contribution in [-0.4, -0.2) is 5.91 Å². The number of carbonyl (C=O) groups is 1. The van der Waals surface area contributed by atoms with Crippen LogP contribution in [0.2, 0.25) is 0 Å². The molecular weight excluding hydrogens is 330 g/mol. The van der Waals surface area contributed by atoms with Crippen LogP contribution < -0.4 is 5.32 Å². The minimum Gasteiger partial charge on any atom is -0.345 e. The number of hydrogen-bond donors (Lipinski definition) is 2. The summed E-state index contributed by atoms with van der Waals surface area (Å²) in [4.78, 5) is 14.1. The molecule has 0 saturated carbocycles. The van der Waals surface area contributed by atoms with Crippen LogP contribution in [0.1, 0.15) is 28.2 Å². The van der Waals surface area contributed by atoms with Gasteiger partial charge in [0, 0.05) is 14.2 Å². The van der Waals surface area contributed by atoms with Crippen molar-refractivity contribution >= 4 is 45.8 Å². The minimum absolute atomic E-state index is 0.00738. The Kier molecular flexibility index (Phi) is 4.48. The van der Waals surface area contributed by atoms with Crippen molar-refractivity contribution in [2.45, 2.75) is 17.9 Å². The van der Waals surface area contributed by atoms with E-state index in [1.54, 1.807) is 17.4 Å². The van der Waals surface area contributed by atoms with Crippen molar-refractivity contribution in [2.24, 2.45) is 0 Å². The zero-order valence-corrected chi connectivity index (χ0v) is 13.0. The topological polar surface area (TPSA) is 29.1 Å². The molecule has 1 aromatic heterocycles. The molecule has 18 heavy (non-hydrogen) atoms. The lowest BCUT2D eigenvalue weighted by molar-refractivity contribution is 0.0939. The fraction of sp³-hybridized carbons (Fsp3) is 0.154. The fourth-order valence-electron chi connectivity index (χ4n) is 1.57. The summed E-state index contributed by atoms with van der Waals surface area (Å²) in [7, 11) is 0. The van der Waals surface area contributed by atoms with Crippen LogP contribution in [-0.2, 0) is 0 Å². The predicted molar refractivity (Wildman–Crippen MR) is 81.6 cm³/mol. The van der Waals surface area contributed by atoms with E-state index < -0.39 is 0 Å². The molecule has 1 N–H and O–H groups in total. The SMILES string of the molecule is CC(NC(=O)c1cc(S)ccc1Br)c1cccs1. The van der Waals surface area contributed by atoms with E-state index in [0.717, 1.165) is 14.2 Å². The summed E-state index contributed by atoms with van der Waals surface area (Å²) in [5.74, 6) is -0.0984. The molecule has 0 bridgehead atoms. The van der Waals surface area contributed by atoms with Crippen molar-refractivity contribution < 1.29 is 4.79 Å². The summed E-state index contributed by atoms with van der Waals surface area (Å²) in [6.07, 6.45) is 0. The van der Waals surface area contributed by atoms with Crippen molar-refractivity contribution in [3.8, 4) is 0 Å². The maximum absolute atomic E-state index is 12.2. The molecule has 94 valence electrons. The molecule has 0 aliphatic heterocycles. The van der Waals surface area contributed by atoms with Gasteiger partial charge in [0.25, 0.3) is 5.91 Å². The highest BCUT2D eigenvalue weighted by molar-refractivity contribution is 9.10. The maximum Gasteiger partial charge on any atom is 0.252 e. The normalized spacial score (nSPS) is 12.2. The Hall–Kier alpha value is -0.780. The van der Waals surface area contributed by atoms with Crippen LogP contribution in [0, 0.1) is 0 Å². The third-order valence-corrected chi connectivity index (χ3v) is 4.54. The molecule has 1 unspecified atom stereocenters. The van der Waals surface area contributed by atoms with E-state index in [2.05, 4.69) is 33.9 Å². The van der Waals surface area contributed by atoms with E-state index in [4.69, 9.17) is 0 Å². The molecule has 1 atom stereocenters. The van der Waals surface area contributed by atoms with Gasteiger partial charge >= 0.3 is 0 Å². The number of benzene rings is 1. The number of nitrogens with one attached hydrogen (secondary N) is 1. The third-order valence-electron chi connectivity index (χ3n) is 2.51. The zero-order chi connectivity index (χ0) is 13.1. The lowest BCUT2D eigenvalue weighted by Gasteiger charge is -2.13. The largest absolute Gasteiger partial charge is 0.345 e. The number of hydrogen-bond acceptors (Lipinski definition) is 3. The predicted octanol–water partition coefficient (Wildman–Crippen LogP) is 4.29. The summed E-state index contributed by atoms with van der Waals surface area (Å²) in [6.45, 7) is 1.97. The van der Waals surface area contributed by atoms with E-state index in [9.17, 15) is 4.79 Å². The molecule has 1 aromatic carbocycles. The Labute approximate surface area is 124 Å². The Balaban J connectivity index is 2.15. The summed E-state index contributed by atoms with van der Waals surface area (Å²) < 4.78 is 0.774. The third kappa shape index (κ3) is 3.16. The molecule has 0 aliphatic rings. The first kappa shape index (κ1) is 13.6. The number of amides is 1. The van der Waals surface area contributed by atoms with E-state index in [1.807, 2.05) is 36.6 Å². The van der Waals surface area contributed by atoms with Gasteiger partial charge in [0.15, 0.2) is 0 Å². The van der Waals surface area contributed by atoms with Crippen molar-refractivity contribution in [3.63, 3.8) is 0 Å². The van der Waals surface area contributed by atoms with E-state index in [1.165, 1.54) is 0 Å². The van der Waals surface area contributed by atoms with Crippen molar-refractivity contribution in [2.75, 3.05) is 0 Å². The highest BCUT2D eigenvalue weighted by atomic mass is 79.9. The Morgan fingerprint density at radius 2 is 2.22 bits per heavy atom. The molecule has 0 radical (unpaired) electrons. The number of thiol groups is 1. The Bertz CT molecular complexity index is 554. The summed E-state index contributed by atoms with van der Waals surface area (Å²) in [6, 6.07) is 9.42. The standard InChI is InChI=1S/C13H12BrNOS2/c1-8(12-3-2-6-18-12)15-13(16)10-7-9(17)4-5-11(10)14/h2-8,17H,1H3,(H,15,16). The van der Waals surface area contributed by atoms with E-state index in [0.29, 0.717) is 5.56 Å². The van der Waals surface area contributed by atoms with Gasteiger partial charge in [-0.2, -0.15) is 0 Å². The molecule has 2 nitrogen and oxygen atoms in total. The Morgan fingerprint density at radius 3 is 2.89 bits per heavy atom. The van der Waals surface area contributed by atoms with Crippen molar-refractivity contribution in [1.82, 2.24) is 5.32 Å². The molecule has 0 spiro atoms. The van der Waals surface area contributed by atoms with Gasteiger partial charge in [-0.25, -0.2) is 0 Å². The Morgan fingerprint density at radius 1 is 1.44 bits per heavy atom. The number of carbonyl (C=O) groups excluding carboxylic acids is 1.